The standard InChI is InChI=1S/C21H19ClFN3O/c22-20-11-18(17-3-1-2-4-19(17)25-20)21(27)24-12-14-9-10-26(13-14)16-7-5-15(23)6-8-16/h1-8,11,14H,9-10,12-13H2,(H,24,27). The lowest BCUT2D eigenvalue weighted by Gasteiger charge is -2.19. The van der Waals surface area contributed by atoms with Gasteiger partial charge in [0.15, 0.2) is 0 Å². The van der Waals surface area contributed by atoms with Gasteiger partial charge in [0.1, 0.15) is 11.0 Å². The molecule has 1 saturated heterocycles. The number of nitrogens with zero attached hydrogens (tertiary/aromatic N) is 2. The fourth-order valence-corrected chi connectivity index (χ4v) is 3.75. The summed E-state index contributed by atoms with van der Waals surface area (Å²) in [6.07, 6.45) is 0.982. The predicted octanol–water partition coefficient (Wildman–Crippen LogP) is 4.28. The summed E-state index contributed by atoms with van der Waals surface area (Å²) in [5.41, 5.74) is 2.26. The molecule has 2 heterocycles. The van der Waals surface area contributed by atoms with E-state index in [0.717, 1.165) is 30.6 Å². The molecule has 4 rings (SSSR count). The maximum Gasteiger partial charge on any atom is 0.252 e. The van der Waals surface area contributed by atoms with Crippen LogP contribution in [0.4, 0.5) is 10.1 Å². The second kappa shape index (κ2) is 7.53. The number of amides is 1. The van der Waals surface area contributed by atoms with Crippen molar-refractivity contribution >= 4 is 34.1 Å². The van der Waals surface area contributed by atoms with E-state index >= 15 is 0 Å². The quantitative estimate of drug-likeness (QED) is 0.684. The van der Waals surface area contributed by atoms with Crippen LogP contribution in [0.25, 0.3) is 10.9 Å². The van der Waals surface area contributed by atoms with Crippen molar-refractivity contribution in [1.29, 1.82) is 0 Å². The molecule has 1 fully saturated rings. The molecule has 1 amide bonds. The molecule has 1 aromatic heterocycles. The highest BCUT2D eigenvalue weighted by molar-refractivity contribution is 6.30. The number of benzene rings is 2. The van der Waals surface area contributed by atoms with E-state index in [1.54, 1.807) is 18.2 Å². The fraction of sp³-hybridized carbons (Fsp3) is 0.238. The Labute approximate surface area is 162 Å². The number of nitrogens with one attached hydrogen (secondary N) is 1. The van der Waals surface area contributed by atoms with Crippen LogP contribution < -0.4 is 10.2 Å². The molecule has 0 bridgehead atoms. The zero-order chi connectivity index (χ0) is 18.8. The summed E-state index contributed by atoms with van der Waals surface area (Å²) in [5, 5.41) is 4.13. The number of carbonyl (C=O) groups excluding carboxylic acids is 1. The number of anilines is 1. The third-order valence-electron chi connectivity index (χ3n) is 4.96. The van der Waals surface area contributed by atoms with Crippen molar-refractivity contribution in [2.75, 3.05) is 24.5 Å². The lowest BCUT2D eigenvalue weighted by Crippen LogP contribution is -2.31. The first-order chi connectivity index (χ1) is 13.1. The molecule has 1 unspecified atom stereocenters. The first-order valence-electron chi connectivity index (χ1n) is 8.94. The summed E-state index contributed by atoms with van der Waals surface area (Å²) in [7, 11) is 0. The summed E-state index contributed by atoms with van der Waals surface area (Å²) in [6, 6.07) is 15.6. The van der Waals surface area contributed by atoms with Gasteiger partial charge < -0.3 is 10.2 Å². The van der Waals surface area contributed by atoms with Crippen LogP contribution in [0, 0.1) is 11.7 Å². The molecule has 0 saturated carbocycles. The van der Waals surface area contributed by atoms with Gasteiger partial charge in [0.2, 0.25) is 0 Å². The van der Waals surface area contributed by atoms with E-state index in [1.807, 2.05) is 24.3 Å². The SMILES string of the molecule is O=C(NCC1CCN(c2ccc(F)cc2)C1)c1cc(Cl)nc2ccccc12. The highest BCUT2D eigenvalue weighted by Crippen LogP contribution is 2.24. The van der Waals surface area contributed by atoms with Crippen LogP contribution in [-0.4, -0.2) is 30.5 Å². The van der Waals surface area contributed by atoms with Crippen molar-refractivity contribution in [3.05, 3.63) is 71.1 Å². The molecular weight excluding hydrogens is 365 g/mol. The summed E-state index contributed by atoms with van der Waals surface area (Å²) in [6.45, 7) is 2.32. The van der Waals surface area contributed by atoms with Crippen LogP contribution in [0.5, 0.6) is 0 Å². The van der Waals surface area contributed by atoms with E-state index in [9.17, 15) is 9.18 Å². The van der Waals surface area contributed by atoms with Gasteiger partial charge in [-0.1, -0.05) is 29.8 Å². The Kier molecular flexibility index (Phi) is 4.94. The van der Waals surface area contributed by atoms with Crippen LogP contribution in [0.2, 0.25) is 5.15 Å². The Morgan fingerprint density at radius 2 is 2.00 bits per heavy atom. The number of hydrogen-bond donors (Lipinski definition) is 1. The number of carbonyl (C=O) groups is 1. The van der Waals surface area contributed by atoms with Crippen molar-refractivity contribution in [3.63, 3.8) is 0 Å². The first kappa shape index (κ1) is 17.7. The van der Waals surface area contributed by atoms with E-state index < -0.39 is 0 Å². The van der Waals surface area contributed by atoms with Gasteiger partial charge in [-0.3, -0.25) is 4.79 Å². The Bertz CT molecular complexity index is 977. The Morgan fingerprint density at radius 3 is 2.81 bits per heavy atom. The molecule has 1 N–H and O–H groups in total. The van der Waals surface area contributed by atoms with Gasteiger partial charge in [-0.25, -0.2) is 9.37 Å². The molecule has 6 heteroatoms. The zero-order valence-electron chi connectivity index (χ0n) is 14.7. The second-order valence-corrected chi connectivity index (χ2v) is 7.18. The van der Waals surface area contributed by atoms with Crippen LogP contribution in [-0.2, 0) is 0 Å². The number of halogens is 2. The van der Waals surface area contributed by atoms with Gasteiger partial charge in [0, 0.05) is 30.7 Å². The highest BCUT2D eigenvalue weighted by Gasteiger charge is 2.23. The van der Waals surface area contributed by atoms with Gasteiger partial charge in [-0.2, -0.15) is 0 Å². The average Bonchev–Trinajstić information content (AvgIpc) is 3.15. The van der Waals surface area contributed by atoms with Crippen molar-refractivity contribution in [3.8, 4) is 0 Å². The molecule has 4 nitrogen and oxygen atoms in total. The zero-order valence-corrected chi connectivity index (χ0v) is 15.4. The highest BCUT2D eigenvalue weighted by atomic mass is 35.5. The number of pyridine rings is 1. The van der Waals surface area contributed by atoms with E-state index in [4.69, 9.17) is 11.6 Å². The van der Waals surface area contributed by atoms with E-state index in [2.05, 4.69) is 15.2 Å². The third-order valence-corrected chi connectivity index (χ3v) is 5.15. The molecule has 1 aliphatic rings. The molecule has 138 valence electrons. The van der Waals surface area contributed by atoms with Crippen molar-refractivity contribution in [1.82, 2.24) is 10.3 Å². The number of fused-ring (bicyclic) bond motifs is 1. The molecular formula is C21H19ClFN3O. The second-order valence-electron chi connectivity index (χ2n) is 6.80. The largest absolute Gasteiger partial charge is 0.371 e. The minimum atomic E-state index is -0.231. The molecule has 0 aliphatic carbocycles. The lowest BCUT2D eigenvalue weighted by molar-refractivity contribution is 0.0950. The number of rotatable bonds is 4. The molecule has 3 aromatic rings. The minimum Gasteiger partial charge on any atom is -0.371 e. The summed E-state index contributed by atoms with van der Waals surface area (Å²) < 4.78 is 13.1. The van der Waals surface area contributed by atoms with Gasteiger partial charge in [0.25, 0.3) is 5.91 Å². The molecule has 0 spiro atoms. The van der Waals surface area contributed by atoms with Crippen molar-refractivity contribution < 1.29 is 9.18 Å². The summed E-state index contributed by atoms with van der Waals surface area (Å²) in [4.78, 5) is 19.2. The number of aromatic nitrogens is 1. The maximum atomic E-state index is 13.1. The number of hydrogen-bond acceptors (Lipinski definition) is 3. The predicted molar refractivity (Wildman–Crippen MR) is 106 cm³/mol. The smallest absolute Gasteiger partial charge is 0.252 e. The van der Waals surface area contributed by atoms with Gasteiger partial charge in [-0.05, 0) is 48.7 Å². The molecule has 27 heavy (non-hydrogen) atoms. The monoisotopic (exact) mass is 383 g/mol. The van der Waals surface area contributed by atoms with Crippen LogP contribution >= 0.6 is 11.6 Å². The molecule has 1 aliphatic heterocycles. The Hall–Kier alpha value is -2.66. The lowest BCUT2D eigenvalue weighted by atomic mass is 10.1. The minimum absolute atomic E-state index is 0.143. The van der Waals surface area contributed by atoms with Gasteiger partial charge >= 0.3 is 0 Å². The van der Waals surface area contributed by atoms with E-state index in [1.165, 1.54) is 12.1 Å². The molecule has 0 radical (unpaired) electrons. The maximum absolute atomic E-state index is 13.1. The molecule has 2 aromatic carbocycles. The van der Waals surface area contributed by atoms with E-state index in [0.29, 0.717) is 28.7 Å². The van der Waals surface area contributed by atoms with Crippen LogP contribution in [0.15, 0.2) is 54.6 Å². The van der Waals surface area contributed by atoms with Gasteiger partial charge in [0.05, 0.1) is 11.1 Å². The van der Waals surface area contributed by atoms with Crippen LogP contribution in [0.3, 0.4) is 0 Å². The van der Waals surface area contributed by atoms with Crippen molar-refractivity contribution in [2.45, 2.75) is 6.42 Å². The molecule has 1 atom stereocenters. The average molecular weight is 384 g/mol. The number of para-hydroxylation sites is 1. The Balaban J connectivity index is 1.41. The normalized spacial score (nSPS) is 16.7. The van der Waals surface area contributed by atoms with Crippen molar-refractivity contribution in [2.24, 2.45) is 5.92 Å². The van der Waals surface area contributed by atoms with E-state index in [-0.39, 0.29) is 11.7 Å². The first-order valence-corrected chi connectivity index (χ1v) is 9.32. The van der Waals surface area contributed by atoms with Gasteiger partial charge in [-0.15, -0.1) is 0 Å². The Morgan fingerprint density at radius 1 is 1.22 bits per heavy atom. The summed E-state index contributed by atoms with van der Waals surface area (Å²) in [5.74, 6) is -0.0247. The van der Waals surface area contributed by atoms with Crippen LogP contribution in [0.1, 0.15) is 16.8 Å². The third kappa shape index (κ3) is 3.88. The fourth-order valence-electron chi connectivity index (χ4n) is 3.55. The topological polar surface area (TPSA) is 45.2 Å². The summed E-state index contributed by atoms with van der Waals surface area (Å²) >= 11 is 6.07.